The highest BCUT2D eigenvalue weighted by Gasteiger charge is 2.14. The maximum atomic E-state index is 9.18. The largest absolute Gasteiger partial charge is 0.468 e. The highest BCUT2D eigenvalue weighted by molar-refractivity contribution is 14.2. The molecule has 6 heteroatoms. The summed E-state index contributed by atoms with van der Waals surface area (Å²) in [6.07, 6.45) is 5.12. The molecule has 0 saturated carbocycles. The van der Waals surface area contributed by atoms with E-state index < -0.39 is 0 Å². The Bertz CT molecular complexity index is 1190. The summed E-state index contributed by atoms with van der Waals surface area (Å²) in [5.41, 5.74) is 10.5. The maximum absolute atomic E-state index is 9.18. The van der Waals surface area contributed by atoms with Crippen molar-refractivity contribution in [2.24, 2.45) is 0 Å². The van der Waals surface area contributed by atoms with Crippen molar-refractivity contribution in [2.75, 3.05) is 11.7 Å². The molecule has 0 amide bonds. The molecule has 0 aliphatic carbocycles. The summed E-state index contributed by atoms with van der Waals surface area (Å²) in [4.78, 5) is 9.18. The molecule has 36 heavy (non-hydrogen) atoms. The standard InChI is InChI=1S/C27H28IN2P.C3H6O2/c1-4-25(21-8-6-5-7-9-21)27(22-12-10-20(11-13-22)16-19(2)3)23-14-15-26(30-31-28)24(17-23)18-29;1-2-5-3-4/h5-18,29-31H,4H2,1-3H3;3H,2H2,1H3/b27-25+,29-18?;. The van der Waals surface area contributed by atoms with Crippen LogP contribution in [0.15, 0.2) is 78.4 Å². The van der Waals surface area contributed by atoms with Crippen LogP contribution in [0, 0.1) is 5.41 Å². The van der Waals surface area contributed by atoms with Crippen molar-refractivity contribution < 1.29 is 9.53 Å². The molecule has 0 saturated heterocycles. The van der Waals surface area contributed by atoms with E-state index in [1.54, 1.807) is 6.92 Å². The van der Waals surface area contributed by atoms with Crippen LogP contribution in [-0.4, -0.2) is 19.3 Å². The van der Waals surface area contributed by atoms with E-state index in [9.17, 15) is 4.79 Å². The van der Waals surface area contributed by atoms with Crippen molar-refractivity contribution in [3.8, 4) is 0 Å². The lowest BCUT2D eigenvalue weighted by atomic mass is 9.87. The Morgan fingerprint density at radius 3 is 2.14 bits per heavy atom. The van der Waals surface area contributed by atoms with Gasteiger partial charge in [0.2, 0.25) is 0 Å². The second kappa shape index (κ2) is 16.1. The Labute approximate surface area is 230 Å². The van der Waals surface area contributed by atoms with Gasteiger partial charge in [-0.2, -0.15) is 0 Å². The van der Waals surface area contributed by atoms with Crippen molar-refractivity contribution in [1.82, 2.24) is 0 Å². The molecule has 4 nitrogen and oxygen atoms in total. The summed E-state index contributed by atoms with van der Waals surface area (Å²) in [7, 11) is 0. The van der Waals surface area contributed by atoms with Gasteiger partial charge in [0.05, 0.1) is 6.61 Å². The summed E-state index contributed by atoms with van der Waals surface area (Å²) in [6.45, 7) is 9.12. The number of halogens is 1. The third-order valence-electron chi connectivity index (χ3n) is 5.34. The third-order valence-corrected chi connectivity index (χ3v) is 6.52. The van der Waals surface area contributed by atoms with Crippen LogP contribution in [0.4, 0.5) is 5.69 Å². The summed E-state index contributed by atoms with van der Waals surface area (Å²) in [6, 6.07) is 25.8. The van der Waals surface area contributed by atoms with E-state index in [0.29, 0.717) is 19.5 Å². The molecular formula is C30H34IN2O2P. The number of benzene rings is 3. The van der Waals surface area contributed by atoms with E-state index >= 15 is 0 Å². The van der Waals surface area contributed by atoms with E-state index in [2.05, 4.69) is 132 Å². The van der Waals surface area contributed by atoms with Gasteiger partial charge in [0.15, 0.2) is 0 Å². The molecule has 0 fully saturated rings. The molecule has 0 spiro atoms. The van der Waals surface area contributed by atoms with Gasteiger partial charge in [0.1, 0.15) is 0 Å². The third kappa shape index (κ3) is 8.72. The zero-order valence-corrected chi connectivity index (χ0v) is 24.4. The van der Waals surface area contributed by atoms with E-state index in [4.69, 9.17) is 5.41 Å². The molecule has 3 aromatic rings. The van der Waals surface area contributed by atoms with Crippen molar-refractivity contribution in [3.05, 3.63) is 106 Å². The Hall–Kier alpha value is -2.76. The second-order valence-corrected chi connectivity index (χ2v) is 10.2. The number of nitrogens with one attached hydrogen (secondary N) is 2. The van der Waals surface area contributed by atoms with Crippen molar-refractivity contribution in [3.63, 3.8) is 0 Å². The molecule has 0 aromatic heterocycles. The quantitative estimate of drug-likeness (QED) is 0.0790. The van der Waals surface area contributed by atoms with Gasteiger partial charge in [0, 0.05) is 23.8 Å². The Balaban J connectivity index is 0.000000830. The zero-order chi connectivity index (χ0) is 26.3. The lowest BCUT2D eigenvalue weighted by Gasteiger charge is -2.18. The van der Waals surface area contributed by atoms with Gasteiger partial charge >= 0.3 is 0 Å². The second-order valence-electron chi connectivity index (χ2n) is 8.13. The van der Waals surface area contributed by atoms with E-state index in [1.165, 1.54) is 39.6 Å². The average Bonchev–Trinajstić information content (AvgIpc) is 2.89. The van der Waals surface area contributed by atoms with Crippen LogP contribution >= 0.6 is 28.4 Å². The van der Waals surface area contributed by atoms with E-state index in [1.807, 2.05) is 0 Å². The Kier molecular flexibility index (Phi) is 13.2. The van der Waals surface area contributed by atoms with E-state index in [-0.39, 0.29) is 0 Å². The molecular weight excluding hydrogens is 578 g/mol. The lowest BCUT2D eigenvalue weighted by Crippen LogP contribution is -1.98. The van der Waals surface area contributed by atoms with Gasteiger partial charge in [-0.1, -0.05) is 79.2 Å². The number of hydrogen-bond donors (Lipinski definition) is 2. The van der Waals surface area contributed by atoms with Crippen LogP contribution in [0.5, 0.6) is 0 Å². The fraction of sp³-hybridized carbons (Fsp3) is 0.200. The normalized spacial score (nSPS) is 11.1. The molecule has 3 aromatic carbocycles. The maximum Gasteiger partial charge on any atom is 0.293 e. The first-order valence-corrected chi connectivity index (χ1v) is 16.0. The number of carbonyl (C=O) groups is 1. The first-order valence-electron chi connectivity index (χ1n) is 11.8. The molecule has 0 bridgehead atoms. The molecule has 0 aliphatic heterocycles. The van der Waals surface area contributed by atoms with Gasteiger partial charge in [0.25, 0.3) is 6.47 Å². The monoisotopic (exact) mass is 612 g/mol. The first-order chi connectivity index (χ1) is 17.5. The summed E-state index contributed by atoms with van der Waals surface area (Å²) in [5.74, 6) is 0. The number of allylic oxidation sites excluding steroid dienone is 2. The minimum atomic E-state index is 0.431. The van der Waals surface area contributed by atoms with Crippen LogP contribution in [0.2, 0.25) is 0 Å². The molecule has 0 radical (unpaired) electrons. The number of hydrogen-bond acceptors (Lipinski definition) is 4. The number of carbonyl (C=O) groups excluding carboxylic acids is 1. The molecule has 2 N–H and O–H groups in total. The predicted octanol–water partition coefficient (Wildman–Crippen LogP) is 9.01. The molecule has 188 valence electrons. The smallest absolute Gasteiger partial charge is 0.293 e. The predicted molar refractivity (Wildman–Crippen MR) is 166 cm³/mol. The average molecular weight is 612 g/mol. The fourth-order valence-electron chi connectivity index (χ4n) is 3.83. The Morgan fingerprint density at radius 1 is 0.972 bits per heavy atom. The van der Waals surface area contributed by atoms with Crippen molar-refractivity contribution >= 4 is 64.0 Å². The van der Waals surface area contributed by atoms with Crippen LogP contribution in [-0.2, 0) is 9.53 Å². The fourth-order valence-corrected chi connectivity index (χ4v) is 5.03. The zero-order valence-electron chi connectivity index (χ0n) is 21.3. The van der Waals surface area contributed by atoms with E-state index in [0.717, 1.165) is 23.2 Å². The molecule has 0 heterocycles. The van der Waals surface area contributed by atoms with Crippen LogP contribution in [0.1, 0.15) is 61.9 Å². The molecule has 1 unspecified atom stereocenters. The summed E-state index contributed by atoms with van der Waals surface area (Å²) in [5, 5.41) is 11.3. The van der Waals surface area contributed by atoms with Crippen LogP contribution < -0.4 is 5.09 Å². The van der Waals surface area contributed by atoms with Gasteiger partial charge in [-0.3, -0.25) is 4.79 Å². The minimum Gasteiger partial charge on any atom is -0.468 e. The number of anilines is 1. The van der Waals surface area contributed by atoms with Gasteiger partial charge < -0.3 is 15.2 Å². The topological polar surface area (TPSA) is 62.2 Å². The summed E-state index contributed by atoms with van der Waals surface area (Å²) >= 11 is 2.32. The van der Waals surface area contributed by atoms with Gasteiger partial charge in [-0.25, -0.2) is 0 Å². The SMILES string of the molecule is CC/C(=C(/c1ccc(C=C(C)C)cc1)c1ccc(NPI)c(C=N)c1)c1ccccc1.CCOC=O. The van der Waals surface area contributed by atoms with Gasteiger partial charge in [-0.05, 0) is 94.8 Å². The molecule has 0 aliphatic rings. The van der Waals surface area contributed by atoms with Crippen LogP contribution in [0.25, 0.3) is 17.2 Å². The number of ether oxygens (including phenoxy) is 1. The lowest BCUT2D eigenvalue weighted by molar-refractivity contribution is -0.128. The molecule has 1 atom stereocenters. The Morgan fingerprint density at radius 2 is 1.64 bits per heavy atom. The highest BCUT2D eigenvalue weighted by atomic mass is 127. The van der Waals surface area contributed by atoms with Crippen molar-refractivity contribution in [1.29, 1.82) is 5.41 Å². The van der Waals surface area contributed by atoms with Crippen LogP contribution in [0.3, 0.4) is 0 Å². The van der Waals surface area contributed by atoms with Gasteiger partial charge in [-0.15, -0.1) is 0 Å². The minimum absolute atomic E-state index is 0.431. The van der Waals surface area contributed by atoms with Crippen molar-refractivity contribution in [2.45, 2.75) is 34.1 Å². The molecule has 3 rings (SSSR count). The summed E-state index contributed by atoms with van der Waals surface area (Å²) < 4.78 is 4.15. The highest BCUT2D eigenvalue weighted by Crippen LogP contribution is 2.36. The first kappa shape index (κ1) is 29.5. The number of rotatable bonds is 10.